The lowest BCUT2D eigenvalue weighted by molar-refractivity contribution is -0.139. The number of amides is 1. The summed E-state index contributed by atoms with van der Waals surface area (Å²) in [6.45, 7) is 0.198. The Morgan fingerprint density at radius 1 is 1.23 bits per heavy atom. The highest BCUT2D eigenvalue weighted by Crippen LogP contribution is 2.53. The van der Waals surface area contributed by atoms with Gasteiger partial charge < -0.3 is 15.2 Å². The minimum absolute atomic E-state index is 0.0192. The van der Waals surface area contributed by atoms with E-state index in [0.29, 0.717) is 5.92 Å². The van der Waals surface area contributed by atoms with Gasteiger partial charge in [0.2, 0.25) is 0 Å². The molecular formula is C17H21NO4. The summed E-state index contributed by atoms with van der Waals surface area (Å²) in [6, 6.07) is 9.45. The van der Waals surface area contributed by atoms with Crippen LogP contribution in [0.1, 0.15) is 37.7 Å². The zero-order chi connectivity index (χ0) is 15.6. The molecule has 5 heteroatoms. The molecule has 0 saturated heterocycles. The monoisotopic (exact) mass is 303 g/mol. The Morgan fingerprint density at radius 3 is 2.59 bits per heavy atom. The first-order valence-electron chi connectivity index (χ1n) is 7.80. The van der Waals surface area contributed by atoms with Gasteiger partial charge in [0.1, 0.15) is 6.61 Å². The van der Waals surface area contributed by atoms with E-state index in [0.717, 1.165) is 31.2 Å². The predicted octanol–water partition coefficient (Wildman–Crippen LogP) is 2.95. The molecule has 1 amide bonds. The third kappa shape index (κ3) is 2.93. The normalized spacial score (nSPS) is 29.3. The van der Waals surface area contributed by atoms with Crippen LogP contribution in [0.25, 0.3) is 0 Å². The fourth-order valence-corrected chi connectivity index (χ4v) is 3.92. The van der Waals surface area contributed by atoms with Gasteiger partial charge in [-0.05, 0) is 43.1 Å². The van der Waals surface area contributed by atoms with Gasteiger partial charge >= 0.3 is 12.1 Å². The molecule has 2 N–H and O–H groups in total. The molecule has 3 atom stereocenters. The van der Waals surface area contributed by atoms with Crippen LogP contribution < -0.4 is 5.32 Å². The number of carboxylic acids is 1. The van der Waals surface area contributed by atoms with Crippen molar-refractivity contribution >= 4 is 12.1 Å². The zero-order valence-electron chi connectivity index (χ0n) is 12.5. The Balaban J connectivity index is 1.61. The molecular weight excluding hydrogens is 282 g/mol. The van der Waals surface area contributed by atoms with Crippen molar-refractivity contribution in [3.8, 4) is 0 Å². The van der Waals surface area contributed by atoms with Gasteiger partial charge in [-0.2, -0.15) is 0 Å². The molecule has 0 aliphatic heterocycles. The van der Waals surface area contributed by atoms with Crippen LogP contribution in [0.3, 0.4) is 0 Å². The minimum atomic E-state index is -0.865. The SMILES string of the molecule is O=C(O)CC1(NC(=O)OCc2ccccc2)CC[C@H]2CC[C@H]21. The Kier molecular flexibility index (Phi) is 4.05. The lowest BCUT2D eigenvalue weighted by atomic mass is 9.68. The molecule has 2 saturated carbocycles. The van der Waals surface area contributed by atoms with Gasteiger partial charge in [-0.3, -0.25) is 4.79 Å². The van der Waals surface area contributed by atoms with Crippen molar-refractivity contribution in [3.63, 3.8) is 0 Å². The van der Waals surface area contributed by atoms with E-state index in [1.54, 1.807) is 0 Å². The molecule has 2 aliphatic rings. The van der Waals surface area contributed by atoms with Crippen LogP contribution >= 0.6 is 0 Å². The number of benzene rings is 1. The fourth-order valence-electron chi connectivity index (χ4n) is 3.92. The number of carboxylic acid groups (broad SMARTS) is 1. The van der Waals surface area contributed by atoms with Crippen molar-refractivity contribution < 1.29 is 19.4 Å². The molecule has 0 bridgehead atoms. The molecule has 5 nitrogen and oxygen atoms in total. The minimum Gasteiger partial charge on any atom is -0.481 e. The van der Waals surface area contributed by atoms with Crippen molar-refractivity contribution in [2.45, 2.75) is 44.2 Å². The van der Waals surface area contributed by atoms with Gasteiger partial charge in [-0.1, -0.05) is 30.3 Å². The molecule has 2 fully saturated rings. The summed E-state index contributed by atoms with van der Waals surface area (Å²) in [7, 11) is 0. The van der Waals surface area contributed by atoms with Crippen LogP contribution in [0.15, 0.2) is 30.3 Å². The highest BCUT2D eigenvalue weighted by atomic mass is 16.5. The van der Waals surface area contributed by atoms with Gasteiger partial charge in [-0.25, -0.2) is 4.79 Å². The first-order valence-corrected chi connectivity index (χ1v) is 7.80. The van der Waals surface area contributed by atoms with E-state index in [1.165, 1.54) is 0 Å². The summed E-state index contributed by atoms with van der Waals surface area (Å²) >= 11 is 0. The maximum atomic E-state index is 12.1. The quantitative estimate of drug-likeness (QED) is 0.877. The standard InChI is InChI=1S/C17H21NO4/c19-15(20)10-17(9-8-13-6-7-14(13)17)18-16(21)22-11-12-4-2-1-3-5-12/h1-5,13-14H,6-11H2,(H,18,21)(H,19,20)/t13-,14-,17?/m1/s1. The summed E-state index contributed by atoms with van der Waals surface area (Å²) in [5.74, 6) is -0.0162. The Hall–Kier alpha value is -2.04. The maximum absolute atomic E-state index is 12.1. The third-order valence-electron chi connectivity index (χ3n) is 5.12. The zero-order valence-corrected chi connectivity index (χ0v) is 12.5. The fraction of sp³-hybridized carbons (Fsp3) is 0.529. The van der Waals surface area contributed by atoms with E-state index in [9.17, 15) is 14.7 Å². The number of hydrogen-bond donors (Lipinski definition) is 2. The molecule has 3 rings (SSSR count). The average molecular weight is 303 g/mol. The van der Waals surface area contributed by atoms with E-state index < -0.39 is 17.6 Å². The molecule has 0 spiro atoms. The van der Waals surface area contributed by atoms with Crippen LogP contribution in [0.2, 0.25) is 0 Å². The number of alkyl carbamates (subject to hydrolysis) is 1. The number of rotatable bonds is 5. The Bertz CT molecular complexity index is 559. The van der Waals surface area contributed by atoms with Gasteiger partial charge in [0.25, 0.3) is 0 Å². The number of nitrogens with one attached hydrogen (secondary N) is 1. The summed E-state index contributed by atoms with van der Waals surface area (Å²) in [6.07, 6.45) is 3.34. The van der Waals surface area contributed by atoms with Crippen molar-refractivity contribution in [1.82, 2.24) is 5.32 Å². The van der Waals surface area contributed by atoms with Gasteiger partial charge in [0.05, 0.1) is 12.0 Å². The maximum Gasteiger partial charge on any atom is 0.407 e. The number of aliphatic carboxylic acids is 1. The smallest absolute Gasteiger partial charge is 0.407 e. The molecule has 0 aromatic heterocycles. The molecule has 1 aromatic rings. The molecule has 2 aliphatic carbocycles. The van der Waals surface area contributed by atoms with E-state index in [1.807, 2.05) is 30.3 Å². The van der Waals surface area contributed by atoms with Crippen molar-refractivity contribution in [1.29, 1.82) is 0 Å². The van der Waals surface area contributed by atoms with E-state index in [4.69, 9.17) is 4.74 Å². The van der Waals surface area contributed by atoms with Gasteiger partial charge in [0, 0.05) is 0 Å². The molecule has 22 heavy (non-hydrogen) atoms. The number of fused-ring (bicyclic) bond motifs is 1. The van der Waals surface area contributed by atoms with Crippen LogP contribution in [-0.4, -0.2) is 22.7 Å². The number of ether oxygens (including phenoxy) is 1. The summed E-state index contributed by atoms with van der Waals surface area (Å²) < 4.78 is 5.26. The van der Waals surface area contributed by atoms with Crippen molar-refractivity contribution in [3.05, 3.63) is 35.9 Å². The van der Waals surface area contributed by atoms with Crippen LogP contribution in [0, 0.1) is 11.8 Å². The van der Waals surface area contributed by atoms with Crippen LogP contribution in [0.4, 0.5) is 4.79 Å². The topological polar surface area (TPSA) is 75.6 Å². The summed E-state index contributed by atoms with van der Waals surface area (Å²) in [4.78, 5) is 23.3. The van der Waals surface area contributed by atoms with E-state index in [2.05, 4.69) is 5.32 Å². The van der Waals surface area contributed by atoms with Crippen molar-refractivity contribution in [2.24, 2.45) is 11.8 Å². The van der Waals surface area contributed by atoms with Gasteiger partial charge in [-0.15, -0.1) is 0 Å². The second-order valence-corrected chi connectivity index (χ2v) is 6.40. The molecule has 0 heterocycles. The predicted molar refractivity (Wildman–Crippen MR) is 80.2 cm³/mol. The average Bonchev–Trinajstić information content (AvgIpc) is 2.66. The molecule has 118 valence electrons. The Morgan fingerprint density at radius 2 is 2.00 bits per heavy atom. The second kappa shape index (κ2) is 5.99. The number of carbonyl (C=O) groups is 2. The Labute approximate surface area is 129 Å². The van der Waals surface area contributed by atoms with Crippen LogP contribution in [-0.2, 0) is 16.1 Å². The lowest BCUT2D eigenvalue weighted by Crippen LogP contribution is -2.55. The third-order valence-corrected chi connectivity index (χ3v) is 5.12. The summed E-state index contributed by atoms with van der Waals surface area (Å²) in [5.41, 5.74) is 0.292. The molecule has 0 radical (unpaired) electrons. The van der Waals surface area contributed by atoms with Gasteiger partial charge in [0.15, 0.2) is 0 Å². The largest absolute Gasteiger partial charge is 0.481 e. The lowest BCUT2D eigenvalue weighted by Gasteiger charge is -2.42. The number of carbonyl (C=O) groups excluding carboxylic acids is 1. The van der Waals surface area contributed by atoms with E-state index >= 15 is 0 Å². The molecule has 1 unspecified atom stereocenters. The highest BCUT2D eigenvalue weighted by Gasteiger charge is 2.54. The summed E-state index contributed by atoms with van der Waals surface area (Å²) in [5, 5.41) is 12.1. The molecule has 1 aromatic carbocycles. The highest BCUT2D eigenvalue weighted by molar-refractivity contribution is 5.73. The number of hydrogen-bond acceptors (Lipinski definition) is 3. The van der Waals surface area contributed by atoms with Crippen LogP contribution in [0.5, 0.6) is 0 Å². The first kappa shape index (κ1) is 14.9. The van der Waals surface area contributed by atoms with Crippen molar-refractivity contribution in [2.75, 3.05) is 0 Å². The first-order chi connectivity index (χ1) is 10.6. The van der Waals surface area contributed by atoms with E-state index in [-0.39, 0.29) is 18.9 Å². The second-order valence-electron chi connectivity index (χ2n) is 6.40.